The molecule has 1 N–H and O–H groups in total. The highest BCUT2D eigenvalue weighted by molar-refractivity contribution is 5.83. The van der Waals surface area contributed by atoms with Crippen molar-refractivity contribution in [2.45, 2.75) is 12.6 Å². The average molecular weight is 267 g/mol. The number of nitrogens with one attached hydrogen (secondary N) is 1. The molecule has 0 spiro atoms. The van der Waals surface area contributed by atoms with E-state index in [1.807, 2.05) is 24.3 Å². The molecule has 0 aliphatic carbocycles. The Kier molecular flexibility index (Phi) is 2.55. The number of halogens is 3. The van der Waals surface area contributed by atoms with Gasteiger partial charge in [-0.15, -0.1) is 10.2 Å². The minimum Gasteiger partial charge on any atom is -0.417 e. The molecule has 0 fully saturated rings. The lowest BCUT2D eigenvalue weighted by molar-refractivity contribution is -0.157. The fraction of sp³-hybridized carbons (Fsp3) is 0.167. The van der Waals surface area contributed by atoms with Crippen LogP contribution in [-0.4, -0.2) is 15.2 Å². The van der Waals surface area contributed by atoms with Gasteiger partial charge in [0, 0.05) is 17.1 Å². The van der Waals surface area contributed by atoms with Gasteiger partial charge in [0.1, 0.15) is 0 Å². The summed E-state index contributed by atoms with van der Waals surface area (Å²) in [7, 11) is 0. The first-order valence-corrected chi connectivity index (χ1v) is 5.48. The molecule has 0 aliphatic rings. The largest absolute Gasteiger partial charge is 0.470 e. The molecule has 2 heterocycles. The van der Waals surface area contributed by atoms with Crippen LogP contribution in [0.2, 0.25) is 0 Å². The molecule has 19 heavy (non-hydrogen) atoms. The number of hydrogen-bond acceptors (Lipinski definition) is 3. The van der Waals surface area contributed by atoms with Crippen molar-refractivity contribution in [1.29, 1.82) is 0 Å². The van der Waals surface area contributed by atoms with E-state index >= 15 is 0 Å². The van der Waals surface area contributed by atoms with E-state index in [0.717, 1.165) is 16.5 Å². The van der Waals surface area contributed by atoms with Gasteiger partial charge in [-0.1, -0.05) is 18.2 Å². The van der Waals surface area contributed by atoms with Crippen molar-refractivity contribution in [1.82, 2.24) is 15.2 Å². The highest BCUT2D eigenvalue weighted by Gasteiger charge is 2.38. The van der Waals surface area contributed by atoms with Crippen LogP contribution < -0.4 is 0 Å². The molecule has 0 atom stereocenters. The Labute approximate surface area is 105 Å². The van der Waals surface area contributed by atoms with Gasteiger partial charge >= 0.3 is 12.1 Å². The average Bonchev–Trinajstić information content (AvgIpc) is 2.97. The molecule has 0 saturated carbocycles. The third-order valence-corrected chi connectivity index (χ3v) is 2.73. The van der Waals surface area contributed by atoms with Crippen LogP contribution in [0.1, 0.15) is 17.3 Å². The van der Waals surface area contributed by atoms with Gasteiger partial charge in [0.05, 0.1) is 6.42 Å². The SMILES string of the molecule is FC(F)(F)c1nnc(Cc2c[nH]c3ccccc23)o1. The highest BCUT2D eigenvalue weighted by atomic mass is 19.4. The third-order valence-electron chi connectivity index (χ3n) is 2.73. The summed E-state index contributed by atoms with van der Waals surface area (Å²) in [5.74, 6) is -1.38. The second-order valence-corrected chi connectivity index (χ2v) is 4.03. The quantitative estimate of drug-likeness (QED) is 0.776. The van der Waals surface area contributed by atoms with E-state index in [4.69, 9.17) is 0 Å². The number of hydrogen-bond donors (Lipinski definition) is 1. The molecule has 0 saturated heterocycles. The molecular formula is C12H8F3N3O. The van der Waals surface area contributed by atoms with Crippen molar-refractivity contribution in [2.24, 2.45) is 0 Å². The van der Waals surface area contributed by atoms with Crippen LogP contribution in [-0.2, 0) is 12.6 Å². The van der Waals surface area contributed by atoms with E-state index < -0.39 is 12.1 Å². The number of nitrogens with zero attached hydrogens (tertiary/aromatic N) is 2. The molecule has 0 aliphatic heterocycles. The van der Waals surface area contributed by atoms with Crippen molar-refractivity contribution in [3.8, 4) is 0 Å². The molecule has 98 valence electrons. The standard InChI is InChI=1S/C12H8F3N3O/c13-12(14,15)11-18-17-10(19-11)5-7-6-16-9-4-2-1-3-8(7)9/h1-4,6,16H,5H2. The van der Waals surface area contributed by atoms with Gasteiger partial charge in [-0.2, -0.15) is 13.2 Å². The molecule has 4 nitrogen and oxygen atoms in total. The summed E-state index contributed by atoms with van der Waals surface area (Å²) in [6, 6.07) is 7.49. The molecule has 0 amide bonds. The Bertz CT molecular complexity index is 714. The maximum Gasteiger partial charge on any atom is 0.470 e. The summed E-state index contributed by atoms with van der Waals surface area (Å²) in [4.78, 5) is 3.03. The Balaban J connectivity index is 1.91. The second kappa shape index (κ2) is 4.11. The fourth-order valence-corrected chi connectivity index (χ4v) is 1.88. The van der Waals surface area contributed by atoms with Crippen LogP contribution in [0.15, 0.2) is 34.9 Å². The number of H-pyrrole nitrogens is 1. The molecule has 7 heteroatoms. The van der Waals surface area contributed by atoms with Gasteiger partial charge in [0.2, 0.25) is 5.89 Å². The van der Waals surface area contributed by atoms with E-state index in [-0.39, 0.29) is 12.3 Å². The van der Waals surface area contributed by atoms with Gasteiger partial charge in [0.15, 0.2) is 0 Å². The Morgan fingerprint density at radius 3 is 2.68 bits per heavy atom. The summed E-state index contributed by atoms with van der Waals surface area (Å²) >= 11 is 0. The maximum absolute atomic E-state index is 12.3. The zero-order valence-corrected chi connectivity index (χ0v) is 9.53. The smallest absolute Gasteiger partial charge is 0.417 e. The first-order chi connectivity index (χ1) is 9.04. The minimum absolute atomic E-state index is 0.0583. The molecular weight excluding hydrogens is 259 g/mol. The van der Waals surface area contributed by atoms with Crippen molar-refractivity contribution < 1.29 is 17.6 Å². The van der Waals surface area contributed by atoms with Gasteiger partial charge in [-0.25, -0.2) is 0 Å². The number of benzene rings is 1. The van der Waals surface area contributed by atoms with Crippen molar-refractivity contribution in [2.75, 3.05) is 0 Å². The van der Waals surface area contributed by atoms with E-state index in [1.54, 1.807) is 6.20 Å². The predicted molar refractivity (Wildman–Crippen MR) is 60.4 cm³/mol. The number of rotatable bonds is 2. The maximum atomic E-state index is 12.3. The van der Waals surface area contributed by atoms with E-state index in [2.05, 4.69) is 19.6 Å². The van der Waals surface area contributed by atoms with E-state index in [9.17, 15) is 13.2 Å². The van der Waals surface area contributed by atoms with E-state index in [1.165, 1.54) is 0 Å². The summed E-state index contributed by atoms with van der Waals surface area (Å²) in [5, 5.41) is 7.34. The summed E-state index contributed by atoms with van der Waals surface area (Å²) < 4.78 is 41.6. The first-order valence-electron chi connectivity index (χ1n) is 5.48. The number of alkyl halides is 3. The van der Waals surface area contributed by atoms with Gasteiger partial charge in [-0.3, -0.25) is 0 Å². The minimum atomic E-state index is -4.61. The Morgan fingerprint density at radius 1 is 1.16 bits per heavy atom. The zero-order valence-electron chi connectivity index (χ0n) is 9.53. The fourth-order valence-electron chi connectivity index (χ4n) is 1.88. The van der Waals surface area contributed by atoms with Crippen LogP contribution in [0.25, 0.3) is 10.9 Å². The summed E-state index contributed by atoms with van der Waals surface area (Å²) in [5.41, 5.74) is 1.72. The third kappa shape index (κ3) is 2.18. The molecule has 3 aromatic rings. The van der Waals surface area contributed by atoms with Gasteiger partial charge < -0.3 is 9.40 Å². The summed E-state index contributed by atoms with van der Waals surface area (Å²) in [6.45, 7) is 0. The number of para-hydroxylation sites is 1. The normalized spacial score (nSPS) is 12.2. The van der Waals surface area contributed by atoms with E-state index in [0.29, 0.717) is 0 Å². The van der Waals surface area contributed by atoms with Crippen LogP contribution in [0, 0.1) is 0 Å². The van der Waals surface area contributed by atoms with Crippen molar-refractivity contribution in [3.05, 3.63) is 47.8 Å². The van der Waals surface area contributed by atoms with Crippen LogP contribution >= 0.6 is 0 Å². The lowest BCUT2D eigenvalue weighted by Crippen LogP contribution is -2.04. The van der Waals surface area contributed by atoms with Crippen LogP contribution in [0.3, 0.4) is 0 Å². The van der Waals surface area contributed by atoms with Crippen LogP contribution in [0.4, 0.5) is 13.2 Å². The number of aromatic amines is 1. The molecule has 1 aromatic carbocycles. The Hall–Kier alpha value is -2.31. The Morgan fingerprint density at radius 2 is 1.95 bits per heavy atom. The lowest BCUT2D eigenvalue weighted by atomic mass is 10.1. The molecule has 0 radical (unpaired) electrons. The topological polar surface area (TPSA) is 54.7 Å². The number of fused-ring (bicyclic) bond motifs is 1. The summed E-state index contributed by atoms with van der Waals surface area (Å²) in [6.07, 6.45) is -2.72. The molecule has 0 bridgehead atoms. The lowest BCUT2D eigenvalue weighted by Gasteiger charge is -1.97. The molecule has 3 rings (SSSR count). The predicted octanol–water partition coefficient (Wildman–Crippen LogP) is 3.16. The highest BCUT2D eigenvalue weighted by Crippen LogP contribution is 2.28. The van der Waals surface area contributed by atoms with Crippen LogP contribution in [0.5, 0.6) is 0 Å². The van der Waals surface area contributed by atoms with Crippen molar-refractivity contribution in [3.63, 3.8) is 0 Å². The van der Waals surface area contributed by atoms with Gasteiger partial charge in [-0.05, 0) is 11.6 Å². The monoisotopic (exact) mass is 267 g/mol. The first kappa shape index (κ1) is 11.8. The zero-order chi connectivity index (χ0) is 13.5. The number of aromatic nitrogens is 3. The van der Waals surface area contributed by atoms with Gasteiger partial charge in [0.25, 0.3) is 0 Å². The van der Waals surface area contributed by atoms with Crippen molar-refractivity contribution >= 4 is 10.9 Å². The second-order valence-electron chi connectivity index (χ2n) is 4.03. The molecule has 0 unspecified atom stereocenters. The molecule has 2 aromatic heterocycles.